The van der Waals surface area contributed by atoms with Crippen molar-refractivity contribution < 1.29 is 0 Å². The van der Waals surface area contributed by atoms with Crippen LogP contribution >= 0.6 is 34.0 Å². The number of aromatic nitrogens is 5. The Hall–Kier alpha value is -11.0. The van der Waals surface area contributed by atoms with E-state index in [-0.39, 0.29) is 0 Å². The molecular formula is C82H47N5S3. The Kier molecular flexibility index (Phi) is 10.7. The van der Waals surface area contributed by atoms with Gasteiger partial charge in [0, 0.05) is 110 Å². The van der Waals surface area contributed by atoms with Crippen LogP contribution in [-0.2, 0) is 0 Å². The van der Waals surface area contributed by atoms with Gasteiger partial charge in [-0.1, -0.05) is 176 Å². The molecule has 5 nitrogen and oxygen atoms in total. The van der Waals surface area contributed by atoms with Crippen molar-refractivity contribution in [2.45, 2.75) is 0 Å². The molecular weight excluding hydrogens is 1150 g/mol. The highest BCUT2D eigenvalue weighted by Crippen LogP contribution is 2.44. The number of para-hydroxylation sites is 3. The Morgan fingerprint density at radius 3 is 0.989 bits per heavy atom. The summed E-state index contributed by atoms with van der Waals surface area (Å²) in [6.45, 7) is 0. The third-order valence-corrected chi connectivity index (χ3v) is 22.1. The van der Waals surface area contributed by atoms with Crippen LogP contribution in [0, 0.1) is 0 Å². The summed E-state index contributed by atoms with van der Waals surface area (Å²) in [5, 5.41) is 14.9. The molecule has 0 radical (unpaired) electrons. The molecule has 0 bridgehead atoms. The topological polar surface area (TPSA) is 40.6 Å². The van der Waals surface area contributed by atoms with E-state index in [2.05, 4.69) is 299 Å². The van der Waals surface area contributed by atoms with Crippen LogP contribution in [0.5, 0.6) is 0 Å². The Balaban J connectivity index is 0.750. The molecule has 0 N–H and O–H groups in total. The quantitative estimate of drug-likeness (QED) is 0.160. The van der Waals surface area contributed by atoms with Crippen LogP contribution in [0.3, 0.4) is 0 Å². The van der Waals surface area contributed by atoms with Crippen molar-refractivity contribution in [3.05, 3.63) is 285 Å². The van der Waals surface area contributed by atoms with Crippen molar-refractivity contribution in [1.82, 2.24) is 23.7 Å². The molecule has 20 rings (SSSR count). The van der Waals surface area contributed by atoms with Gasteiger partial charge >= 0.3 is 0 Å². The van der Waals surface area contributed by atoms with E-state index in [9.17, 15) is 0 Å². The van der Waals surface area contributed by atoms with Gasteiger partial charge in [-0.15, -0.1) is 34.0 Å². The molecule has 0 aliphatic heterocycles. The van der Waals surface area contributed by atoms with E-state index < -0.39 is 0 Å². The molecule has 8 heteroatoms. The maximum atomic E-state index is 5.71. The lowest BCUT2D eigenvalue weighted by molar-refractivity contribution is 0.952. The molecule has 0 saturated carbocycles. The summed E-state index contributed by atoms with van der Waals surface area (Å²) in [5.41, 5.74) is 16.6. The predicted molar refractivity (Wildman–Crippen MR) is 385 cm³/mol. The Labute approximate surface area is 527 Å². The van der Waals surface area contributed by atoms with Crippen LogP contribution in [0.1, 0.15) is 0 Å². The summed E-state index contributed by atoms with van der Waals surface area (Å²) >= 11 is 5.58. The second-order valence-electron chi connectivity index (χ2n) is 23.6. The van der Waals surface area contributed by atoms with Gasteiger partial charge in [-0.2, -0.15) is 4.98 Å². The first-order valence-corrected chi connectivity index (χ1v) is 32.9. The molecule has 7 aromatic heterocycles. The van der Waals surface area contributed by atoms with Gasteiger partial charge in [0.05, 0.1) is 38.8 Å². The van der Waals surface area contributed by atoms with Crippen molar-refractivity contribution in [1.29, 1.82) is 0 Å². The molecule has 0 fully saturated rings. The minimum Gasteiger partial charge on any atom is -0.309 e. The van der Waals surface area contributed by atoms with E-state index >= 15 is 0 Å². The fraction of sp³-hybridized carbons (Fsp3) is 0. The number of rotatable bonds is 7. The van der Waals surface area contributed by atoms with E-state index in [1.807, 2.05) is 34.0 Å². The first kappa shape index (κ1) is 50.0. The zero-order chi connectivity index (χ0) is 58.7. The van der Waals surface area contributed by atoms with Crippen LogP contribution in [0.25, 0.3) is 188 Å². The maximum Gasteiger partial charge on any atom is 0.237 e. The molecule has 0 saturated heterocycles. The Morgan fingerprint density at radius 2 is 0.533 bits per heavy atom. The average Bonchev–Trinajstić information content (AvgIpc) is 1.68. The number of nitrogens with zero attached hydrogens (tertiary/aromatic N) is 5. The monoisotopic (exact) mass is 1200 g/mol. The van der Waals surface area contributed by atoms with Gasteiger partial charge in [0.2, 0.25) is 5.95 Å². The lowest BCUT2D eigenvalue weighted by atomic mass is 10.0. The molecule has 0 spiro atoms. The molecule has 0 aliphatic rings. The molecule has 90 heavy (non-hydrogen) atoms. The summed E-state index contributed by atoms with van der Waals surface area (Å²) in [6, 6.07) is 105. The van der Waals surface area contributed by atoms with Gasteiger partial charge in [-0.05, 0) is 137 Å². The summed E-state index contributed by atoms with van der Waals surface area (Å²) in [5.74, 6) is 1.38. The van der Waals surface area contributed by atoms with Crippen molar-refractivity contribution in [3.8, 4) is 62.1 Å². The fourth-order valence-corrected chi connectivity index (χ4v) is 17.9. The first-order valence-electron chi connectivity index (χ1n) is 30.4. The third-order valence-electron chi connectivity index (χ3n) is 18.7. The Morgan fingerprint density at radius 1 is 0.211 bits per heavy atom. The van der Waals surface area contributed by atoms with Crippen LogP contribution < -0.4 is 0 Å². The minimum absolute atomic E-state index is 0.598. The zero-order valence-electron chi connectivity index (χ0n) is 48.1. The summed E-state index contributed by atoms with van der Waals surface area (Å²) < 4.78 is 14.8. The summed E-state index contributed by atoms with van der Waals surface area (Å²) in [4.78, 5) is 11.4. The van der Waals surface area contributed by atoms with E-state index in [4.69, 9.17) is 9.97 Å². The van der Waals surface area contributed by atoms with Gasteiger partial charge in [0.25, 0.3) is 0 Å². The molecule has 13 aromatic carbocycles. The van der Waals surface area contributed by atoms with Gasteiger partial charge in [-0.3, -0.25) is 9.13 Å². The minimum atomic E-state index is 0.598. The number of hydrogen-bond donors (Lipinski definition) is 0. The van der Waals surface area contributed by atoms with Gasteiger partial charge in [-0.25, -0.2) is 4.98 Å². The van der Waals surface area contributed by atoms with Crippen LogP contribution in [0.4, 0.5) is 0 Å². The van der Waals surface area contributed by atoms with Gasteiger partial charge in [0.15, 0.2) is 0 Å². The van der Waals surface area contributed by atoms with Crippen molar-refractivity contribution in [2.75, 3.05) is 0 Å². The average molecular weight is 1200 g/mol. The van der Waals surface area contributed by atoms with Crippen LogP contribution in [0.2, 0.25) is 0 Å². The number of benzene rings is 13. The number of thiophene rings is 3. The maximum absolute atomic E-state index is 5.71. The molecule has 7 heterocycles. The van der Waals surface area contributed by atoms with Gasteiger partial charge < -0.3 is 4.57 Å². The largest absolute Gasteiger partial charge is 0.309 e. The second-order valence-corrected chi connectivity index (χ2v) is 26.9. The van der Waals surface area contributed by atoms with Crippen LogP contribution in [0.15, 0.2) is 285 Å². The standard InChI is InChI=1S/C82H47N5S3/c1-7-19-69-56(13-1)65-41-49(52-27-35-62-59-16-4-10-22-75(59)88-78(62)44-52)30-38-72(65)85(69)55-33-25-48(26-34-55)68-47-81(86-70-20-8-2-14-57(70)66-42-50(31-39-73(66)86)53-28-36-63-60-17-5-11-23-76(60)89-79(63)45-53)84-82(83-68)87-71-21-9-3-15-58(71)67-43-51(32-40-74(67)87)54-29-37-64-61-18-6-12-24-77(61)90-80(64)46-54/h1-47H. The first-order chi connectivity index (χ1) is 44.6. The zero-order valence-corrected chi connectivity index (χ0v) is 50.5. The molecule has 0 amide bonds. The van der Waals surface area contributed by atoms with Gasteiger partial charge in [0.1, 0.15) is 5.82 Å². The van der Waals surface area contributed by atoms with Crippen molar-refractivity contribution in [2.24, 2.45) is 0 Å². The lowest BCUT2D eigenvalue weighted by Crippen LogP contribution is -2.07. The normalized spacial score (nSPS) is 12.2. The molecule has 0 unspecified atom stereocenters. The molecule has 0 aliphatic carbocycles. The fourth-order valence-electron chi connectivity index (χ4n) is 14.5. The Bertz CT molecular complexity index is 6170. The number of hydrogen-bond acceptors (Lipinski definition) is 5. The van der Waals surface area contributed by atoms with Crippen LogP contribution in [-0.4, -0.2) is 23.7 Å². The summed E-state index contributed by atoms with van der Waals surface area (Å²) in [7, 11) is 0. The highest BCUT2D eigenvalue weighted by atomic mass is 32.1. The summed E-state index contributed by atoms with van der Waals surface area (Å²) in [6.07, 6.45) is 0. The molecule has 418 valence electrons. The van der Waals surface area contributed by atoms with Crippen molar-refractivity contribution in [3.63, 3.8) is 0 Å². The second kappa shape index (κ2) is 19.2. The predicted octanol–water partition coefficient (Wildman–Crippen LogP) is 23.5. The smallest absolute Gasteiger partial charge is 0.237 e. The highest BCUT2D eigenvalue weighted by Gasteiger charge is 2.22. The lowest BCUT2D eigenvalue weighted by Gasteiger charge is -2.14. The van der Waals surface area contributed by atoms with E-state index in [1.54, 1.807) is 0 Å². The van der Waals surface area contributed by atoms with E-state index in [1.165, 1.54) is 110 Å². The SMILES string of the molecule is c1ccc2c(c1)sc1cc(-c3ccc4c(c3)c3ccccc3n4-c3ccc(-c4cc(-n5c6ccccc6c6cc(-c7ccc8c(c7)sc7ccccc78)ccc65)nc(-n5c6ccccc6c6cc(-c7ccc8c(c7)sc7ccccc78)ccc65)n4)cc3)ccc12. The third kappa shape index (κ3) is 7.53. The number of fused-ring (bicyclic) bond motifs is 18. The molecule has 20 aromatic rings. The van der Waals surface area contributed by atoms with E-state index in [0.29, 0.717) is 5.95 Å². The van der Waals surface area contributed by atoms with Crippen molar-refractivity contribution >= 4 is 160 Å². The highest BCUT2D eigenvalue weighted by molar-refractivity contribution is 7.26. The molecule has 0 atom stereocenters. The van der Waals surface area contributed by atoms with E-state index in [0.717, 1.165) is 72.0 Å².